The van der Waals surface area contributed by atoms with Gasteiger partial charge in [0.2, 0.25) is 5.54 Å². The molecule has 1 aliphatic heterocycles. The van der Waals surface area contributed by atoms with Gasteiger partial charge < -0.3 is 9.47 Å². The Morgan fingerprint density at radius 1 is 1.05 bits per heavy atom. The summed E-state index contributed by atoms with van der Waals surface area (Å²) in [5.74, 6) is -0.590. The molecule has 214 valence electrons. The molecule has 1 unspecified atom stereocenters. The van der Waals surface area contributed by atoms with Crippen LogP contribution in [0.4, 0.5) is 26.3 Å². The Balaban J connectivity index is 1.88. The van der Waals surface area contributed by atoms with Crippen molar-refractivity contribution in [2.24, 2.45) is 0 Å². The maximum atomic E-state index is 13.3. The van der Waals surface area contributed by atoms with Crippen LogP contribution in [-0.4, -0.2) is 36.7 Å². The Morgan fingerprint density at radius 2 is 1.64 bits per heavy atom. The van der Waals surface area contributed by atoms with Crippen molar-refractivity contribution in [2.75, 3.05) is 20.3 Å². The normalized spacial score (nSPS) is 22.8. The number of nitrogens with one attached hydrogen (secondary N) is 1. The Labute approximate surface area is 220 Å². The van der Waals surface area contributed by atoms with Crippen LogP contribution in [0.1, 0.15) is 61.0 Å². The van der Waals surface area contributed by atoms with Gasteiger partial charge in [0.05, 0.1) is 49.5 Å². The minimum atomic E-state index is -5.00. The first-order valence-corrected chi connectivity index (χ1v) is 12.0. The summed E-state index contributed by atoms with van der Waals surface area (Å²) < 4.78 is 90.4. The zero-order valence-electron chi connectivity index (χ0n) is 21.2. The molecule has 3 rings (SSSR count). The van der Waals surface area contributed by atoms with Crippen molar-refractivity contribution in [3.63, 3.8) is 0 Å². The van der Waals surface area contributed by atoms with Gasteiger partial charge >= 0.3 is 18.3 Å². The highest BCUT2D eigenvalue weighted by atomic mass is 19.4. The highest BCUT2D eigenvalue weighted by Crippen LogP contribution is 2.41. The summed E-state index contributed by atoms with van der Waals surface area (Å²) in [5, 5.41) is 15.2. The Kier molecular flexibility index (Phi) is 8.95. The molecule has 0 amide bonds. The van der Waals surface area contributed by atoms with Crippen molar-refractivity contribution < 1.29 is 45.5 Å². The van der Waals surface area contributed by atoms with E-state index in [2.05, 4.69) is 10.1 Å². The number of ether oxygens (including phenoxy) is 2. The SMILES string of the molecule is COC(=O)CC[C@@]1([N+](=O)[O-])CCC(CO[C@H](C)c2cc(C(F)(F)F)cc(C(F)(F)F)c2)(c2ccccc2)NC1. The number of carbonyl (C=O) groups excluding carboxylic acids is 1. The molecule has 1 aliphatic rings. The topological polar surface area (TPSA) is 90.7 Å². The summed E-state index contributed by atoms with van der Waals surface area (Å²) >= 11 is 0. The molecule has 0 spiro atoms. The summed E-state index contributed by atoms with van der Waals surface area (Å²) in [4.78, 5) is 23.2. The van der Waals surface area contributed by atoms with E-state index in [-0.39, 0.29) is 50.5 Å². The van der Waals surface area contributed by atoms with Gasteiger partial charge in [-0.1, -0.05) is 30.3 Å². The average Bonchev–Trinajstić information content (AvgIpc) is 2.90. The lowest BCUT2D eigenvalue weighted by Crippen LogP contribution is -2.61. The summed E-state index contributed by atoms with van der Waals surface area (Å²) in [6.45, 7) is 1.00. The van der Waals surface area contributed by atoms with Crippen molar-refractivity contribution in [1.82, 2.24) is 5.32 Å². The maximum Gasteiger partial charge on any atom is 0.416 e. The predicted octanol–water partition coefficient (Wildman–Crippen LogP) is 6.05. The van der Waals surface area contributed by atoms with Crippen LogP contribution in [0.3, 0.4) is 0 Å². The zero-order chi connectivity index (χ0) is 29.1. The van der Waals surface area contributed by atoms with Gasteiger partial charge in [-0.3, -0.25) is 20.2 Å². The van der Waals surface area contributed by atoms with Crippen LogP contribution < -0.4 is 5.32 Å². The second-order valence-corrected chi connectivity index (χ2v) is 9.65. The molecule has 39 heavy (non-hydrogen) atoms. The number of benzene rings is 2. The van der Waals surface area contributed by atoms with Gasteiger partial charge in [-0.15, -0.1) is 0 Å². The molecule has 0 aliphatic carbocycles. The van der Waals surface area contributed by atoms with Crippen LogP contribution in [0, 0.1) is 10.1 Å². The van der Waals surface area contributed by atoms with Crippen LogP contribution in [0.15, 0.2) is 48.5 Å². The Morgan fingerprint density at radius 3 is 2.10 bits per heavy atom. The first-order chi connectivity index (χ1) is 18.1. The molecular weight excluding hydrogens is 534 g/mol. The lowest BCUT2D eigenvalue weighted by molar-refractivity contribution is -0.573. The van der Waals surface area contributed by atoms with Crippen LogP contribution in [-0.2, 0) is 32.2 Å². The lowest BCUT2D eigenvalue weighted by atomic mass is 9.75. The number of carbonyl (C=O) groups is 1. The van der Waals surface area contributed by atoms with Gasteiger partial charge in [0.1, 0.15) is 0 Å². The van der Waals surface area contributed by atoms with Crippen molar-refractivity contribution in [3.8, 4) is 0 Å². The van der Waals surface area contributed by atoms with Crippen LogP contribution in [0.2, 0.25) is 0 Å². The number of rotatable bonds is 9. The van der Waals surface area contributed by atoms with Crippen molar-refractivity contribution in [1.29, 1.82) is 0 Å². The molecule has 0 radical (unpaired) electrons. The first-order valence-electron chi connectivity index (χ1n) is 12.0. The Bertz CT molecular complexity index is 1130. The van der Waals surface area contributed by atoms with E-state index in [1.54, 1.807) is 30.3 Å². The maximum absolute atomic E-state index is 13.3. The molecule has 2 aromatic carbocycles. The monoisotopic (exact) mass is 562 g/mol. The van der Waals surface area contributed by atoms with Gasteiger partial charge in [-0.05, 0) is 42.7 Å². The third kappa shape index (κ3) is 7.07. The van der Waals surface area contributed by atoms with E-state index in [0.717, 1.165) is 0 Å². The van der Waals surface area contributed by atoms with Gasteiger partial charge in [-0.2, -0.15) is 26.3 Å². The van der Waals surface area contributed by atoms with Crippen molar-refractivity contribution in [3.05, 3.63) is 80.9 Å². The smallest absolute Gasteiger partial charge is 0.416 e. The molecule has 1 heterocycles. The van der Waals surface area contributed by atoms with Gasteiger partial charge in [0.25, 0.3) is 0 Å². The summed E-state index contributed by atoms with van der Waals surface area (Å²) in [6, 6.07) is 10.0. The Hall–Kier alpha value is -3.19. The van der Waals surface area contributed by atoms with Crippen molar-refractivity contribution >= 4 is 5.97 Å². The van der Waals surface area contributed by atoms with E-state index in [1.807, 2.05) is 0 Å². The fraction of sp³-hybridized carbons (Fsp3) is 0.500. The number of methoxy groups -OCH3 is 1. The minimum Gasteiger partial charge on any atom is -0.469 e. The van der Waals surface area contributed by atoms with Crippen LogP contribution in [0.25, 0.3) is 0 Å². The number of hydrogen-bond acceptors (Lipinski definition) is 6. The van der Waals surface area contributed by atoms with Gasteiger partial charge in [0.15, 0.2) is 0 Å². The standard InChI is InChI=1S/C26H28F6N2O5/c1-17(18-12-20(25(27,28)29)14-21(13-18)26(30,31)32)39-16-24(19-6-4-3-5-7-19)11-10-23(15-33-24,34(36)37)9-8-22(35)38-2/h3-7,12-14,17,33H,8-11,15-16H2,1-2H3/t17-,23-,24?/m1/s1. The number of esters is 1. The fourth-order valence-electron chi connectivity index (χ4n) is 4.64. The van der Waals surface area contributed by atoms with Gasteiger partial charge in [-0.25, -0.2) is 0 Å². The lowest BCUT2D eigenvalue weighted by Gasteiger charge is -2.44. The molecule has 0 saturated carbocycles. The van der Waals surface area contributed by atoms with Gasteiger partial charge in [0, 0.05) is 17.8 Å². The second kappa shape index (κ2) is 11.5. The molecule has 13 heteroatoms. The third-order valence-corrected chi connectivity index (χ3v) is 7.17. The molecule has 7 nitrogen and oxygen atoms in total. The highest BCUT2D eigenvalue weighted by Gasteiger charge is 2.51. The third-order valence-electron chi connectivity index (χ3n) is 7.17. The van der Waals surface area contributed by atoms with E-state index in [4.69, 9.17) is 4.74 Å². The summed E-state index contributed by atoms with van der Waals surface area (Å²) in [6.07, 6.45) is -11.2. The highest BCUT2D eigenvalue weighted by molar-refractivity contribution is 5.69. The largest absolute Gasteiger partial charge is 0.469 e. The molecule has 0 bridgehead atoms. The van der Waals surface area contributed by atoms with Crippen LogP contribution >= 0.6 is 0 Å². The number of hydrogen-bond donors (Lipinski definition) is 1. The summed E-state index contributed by atoms with van der Waals surface area (Å²) in [5.41, 5.74) is -5.01. The molecular formula is C26H28F6N2O5. The predicted molar refractivity (Wildman–Crippen MR) is 127 cm³/mol. The minimum absolute atomic E-state index is 0.0401. The van der Waals surface area contributed by atoms with Crippen LogP contribution in [0.5, 0.6) is 0 Å². The number of halogens is 6. The van der Waals surface area contributed by atoms with E-state index >= 15 is 0 Å². The van der Waals surface area contributed by atoms with E-state index in [1.165, 1.54) is 14.0 Å². The molecule has 1 fully saturated rings. The average molecular weight is 563 g/mol. The van der Waals surface area contributed by atoms with E-state index in [0.29, 0.717) is 17.7 Å². The first kappa shape index (κ1) is 30.4. The molecule has 2 aromatic rings. The second-order valence-electron chi connectivity index (χ2n) is 9.65. The number of nitro groups is 1. The molecule has 3 atom stereocenters. The number of alkyl halides is 6. The molecule has 1 N–H and O–H groups in total. The van der Waals surface area contributed by atoms with Crippen molar-refractivity contribution in [2.45, 2.75) is 62.1 Å². The van der Waals surface area contributed by atoms with E-state index in [9.17, 15) is 41.3 Å². The molecule has 1 saturated heterocycles. The molecule has 0 aromatic heterocycles. The number of nitrogens with zero attached hydrogens (tertiary/aromatic N) is 1. The number of piperidine rings is 1. The fourth-order valence-corrected chi connectivity index (χ4v) is 4.64. The summed E-state index contributed by atoms with van der Waals surface area (Å²) in [7, 11) is 1.18. The van der Waals surface area contributed by atoms with E-state index < -0.39 is 51.6 Å². The quantitative estimate of drug-likeness (QED) is 0.173. The zero-order valence-corrected chi connectivity index (χ0v) is 21.2.